The summed E-state index contributed by atoms with van der Waals surface area (Å²) < 4.78 is 5.18. The van der Waals surface area contributed by atoms with Crippen molar-refractivity contribution >= 4 is 12.0 Å². The van der Waals surface area contributed by atoms with Crippen molar-refractivity contribution in [2.75, 3.05) is 19.8 Å². The van der Waals surface area contributed by atoms with Crippen molar-refractivity contribution in [1.82, 2.24) is 10.6 Å². The molecule has 0 aromatic rings. The summed E-state index contributed by atoms with van der Waals surface area (Å²) in [6.45, 7) is 2.38. The molecule has 1 rings (SSSR count). The van der Waals surface area contributed by atoms with E-state index in [4.69, 9.17) is 14.9 Å². The van der Waals surface area contributed by atoms with Gasteiger partial charge in [-0.25, -0.2) is 9.59 Å². The number of rotatable bonds is 4. The van der Waals surface area contributed by atoms with Crippen LogP contribution < -0.4 is 10.6 Å². The lowest BCUT2D eigenvalue weighted by Gasteiger charge is -2.34. The SMILES string of the molecule is CC1(NC(=O)N[C@@H](CO)C(=O)O)CCOCC1. The van der Waals surface area contributed by atoms with Gasteiger partial charge in [0.2, 0.25) is 0 Å². The van der Waals surface area contributed by atoms with Crippen molar-refractivity contribution < 1.29 is 24.5 Å². The lowest BCUT2D eigenvalue weighted by molar-refractivity contribution is -0.140. The molecule has 1 fully saturated rings. The number of ether oxygens (including phenoxy) is 1. The number of amides is 2. The molecule has 0 unspecified atom stereocenters. The van der Waals surface area contributed by atoms with Crippen molar-refractivity contribution in [2.45, 2.75) is 31.3 Å². The van der Waals surface area contributed by atoms with Gasteiger partial charge in [0.05, 0.1) is 6.61 Å². The van der Waals surface area contributed by atoms with Gasteiger partial charge < -0.3 is 25.6 Å². The van der Waals surface area contributed by atoms with Gasteiger partial charge in [-0.05, 0) is 19.8 Å². The van der Waals surface area contributed by atoms with Crippen LogP contribution in [0.1, 0.15) is 19.8 Å². The van der Waals surface area contributed by atoms with Gasteiger partial charge in [-0.15, -0.1) is 0 Å². The highest BCUT2D eigenvalue weighted by Crippen LogP contribution is 2.19. The summed E-state index contributed by atoms with van der Waals surface area (Å²) in [7, 11) is 0. The van der Waals surface area contributed by atoms with Crippen molar-refractivity contribution in [1.29, 1.82) is 0 Å². The molecule has 1 aliphatic heterocycles. The third-order valence-electron chi connectivity index (χ3n) is 2.80. The van der Waals surface area contributed by atoms with Crippen LogP contribution in [0.25, 0.3) is 0 Å². The Morgan fingerprint density at radius 3 is 2.47 bits per heavy atom. The summed E-state index contributed by atoms with van der Waals surface area (Å²) in [5.74, 6) is -1.26. The number of urea groups is 1. The second-order valence-corrected chi connectivity index (χ2v) is 4.34. The molecule has 0 bridgehead atoms. The molecule has 2 amide bonds. The van der Waals surface area contributed by atoms with E-state index >= 15 is 0 Å². The number of aliphatic hydroxyl groups is 1. The number of carboxylic acids is 1. The minimum atomic E-state index is -1.28. The molecular formula is C10H18N2O5. The van der Waals surface area contributed by atoms with Crippen LogP contribution in [-0.4, -0.2) is 53.6 Å². The second-order valence-electron chi connectivity index (χ2n) is 4.34. The van der Waals surface area contributed by atoms with Crippen molar-refractivity contribution in [3.63, 3.8) is 0 Å². The molecule has 0 aromatic carbocycles. The molecule has 0 aromatic heterocycles. The number of carbonyl (C=O) groups is 2. The fourth-order valence-corrected chi connectivity index (χ4v) is 1.60. The lowest BCUT2D eigenvalue weighted by atomic mass is 9.93. The summed E-state index contributed by atoms with van der Waals surface area (Å²) in [6.07, 6.45) is 1.36. The lowest BCUT2D eigenvalue weighted by Crippen LogP contribution is -2.56. The molecule has 7 heteroatoms. The predicted molar refractivity (Wildman–Crippen MR) is 58.6 cm³/mol. The summed E-state index contributed by atoms with van der Waals surface area (Å²) >= 11 is 0. The first-order valence-corrected chi connectivity index (χ1v) is 5.47. The second kappa shape index (κ2) is 5.83. The van der Waals surface area contributed by atoms with E-state index in [-0.39, 0.29) is 5.54 Å². The van der Waals surface area contributed by atoms with E-state index in [1.165, 1.54) is 0 Å². The Morgan fingerprint density at radius 2 is 2.00 bits per heavy atom. The number of carboxylic acid groups (broad SMARTS) is 1. The Balaban J connectivity index is 2.45. The molecule has 7 nitrogen and oxygen atoms in total. The van der Waals surface area contributed by atoms with Crippen LogP contribution in [0.2, 0.25) is 0 Å². The van der Waals surface area contributed by atoms with Gasteiger partial charge in [-0.2, -0.15) is 0 Å². The Labute approximate surface area is 99.1 Å². The standard InChI is InChI=1S/C10H18N2O5/c1-10(2-4-17-5-3-10)12-9(16)11-7(6-13)8(14)15/h7,13H,2-6H2,1H3,(H,14,15)(H2,11,12,16)/t7-/m0/s1. The Kier molecular flexibility index (Phi) is 4.71. The Bertz CT molecular complexity index is 288. The molecule has 17 heavy (non-hydrogen) atoms. The topological polar surface area (TPSA) is 108 Å². The van der Waals surface area contributed by atoms with Gasteiger partial charge in [0, 0.05) is 18.8 Å². The Morgan fingerprint density at radius 1 is 1.41 bits per heavy atom. The predicted octanol–water partition coefficient (Wildman–Crippen LogP) is -0.700. The van der Waals surface area contributed by atoms with E-state index in [0.29, 0.717) is 26.1 Å². The summed E-state index contributed by atoms with van der Waals surface area (Å²) in [5, 5.41) is 22.4. The number of hydrogen-bond donors (Lipinski definition) is 4. The highest BCUT2D eigenvalue weighted by atomic mass is 16.5. The quantitative estimate of drug-likeness (QED) is 0.524. The van der Waals surface area contributed by atoms with E-state index < -0.39 is 24.6 Å². The smallest absolute Gasteiger partial charge is 0.328 e. The third kappa shape index (κ3) is 4.20. The molecule has 1 saturated heterocycles. The molecule has 0 radical (unpaired) electrons. The highest BCUT2D eigenvalue weighted by molar-refractivity contribution is 5.82. The average molecular weight is 246 g/mol. The maximum Gasteiger partial charge on any atom is 0.328 e. The molecule has 0 aliphatic carbocycles. The molecule has 98 valence electrons. The van der Waals surface area contributed by atoms with Crippen LogP contribution in [0.15, 0.2) is 0 Å². The van der Waals surface area contributed by atoms with E-state index in [9.17, 15) is 9.59 Å². The van der Waals surface area contributed by atoms with Gasteiger partial charge in [-0.1, -0.05) is 0 Å². The van der Waals surface area contributed by atoms with Gasteiger partial charge in [0.1, 0.15) is 0 Å². The van der Waals surface area contributed by atoms with E-state index in [2.05, 4.69) is 10.6 Å². The number of carbonyl (C=O) groups excluding carboxylic acids is 1. The van der Waals surface area contributed by atoms with E-state index in [1.54, 1.807) is 0 Å². The molecule has 1 heterocycles. The van der Waals surface area contributed by atoms with E-state index in [1.807, 2.05) is 6.92 Å². The fourth-order valence-electron chi connectivity index (χ4n) is 1.60. The molecule has 4 N–H and O–H groups in total. The highest BCUT2D eigenvalue weighted by Gasteiger charge is 2.30. The number of aliphatic hydroxyl groups excluding tert-OH is 1. The first-order valence-electron chi connectivity index (χ1n) is 5.47. The molecule has 0 spiro atoms. The fraction of sp³-hybridized carbons (Fsp3) is 0.800. The van der Waals surface area contributed by atoms with Crippen molar-refractivity contribution in [3.8, 4) is 0 Å². The maximum atomic E-state index is 11.6. The van der Waals surface area contributed by atoms with E-state index in [0.717, 1.165) is 0 Å². The zero-order valence-electron chi connectivity index (χ0n) is 9.73. The van der Waals surface area contributed by atoms with Gasteiger partial charge in [-0.3, -0.25) is 0 Å². The van der Waals surface area contributed by atoms with Crippen molar-refractivity contribution in [3.05, 3.63) is 0 Å². The maximum absolute atomic E-state index is 11.6. The van der Waals surface area contributed by atoms with Gasteiger partial charge >= 0.3 is 12.0 Å². The number of aliphatic carboxylic acids is 1. The number of hydrogen-bond acceptors (Lipinski definition) is 4. The summed E-state index contributed by atoms with van der Waals surface area (Å²) in [5.41, 5.74) is -0.388. The molecule has 1 aliphatic rings. The number of nitrogens with one attached hydrogen (secondary N) is 2. The first-order chi connectivity index (χ1) is 7.97. The minimum absolute atomic E-state index is 0.388. The van der Waals surface area contributed by atoms with Gasteiger partial charge in [0.25, 0.3) is 0 Å². The van der Waals surface area contributed by atoms with Crippen LogP contribution in [0, 0.1) is 0 Å². The monoisotopic (exact) mass is 246 g/mol. The first kappa shape index (κ1) is 13.7. The summed E-state index contributed by atoms with van der Waals surface area (Å²) in [6, 6.07) is -1.87. The largest absolute Gasteiger partial charge is 0.480 e. The molecule has 0 saturated carbocycles. The minimum Gasteiger partial charge on any atom is -0.480 e. The third-order valence-corrected chi connectivity index (χ3v) is 2.80. The molecular weight excluding hydrogens is 228 g/mol. The zero-order valence-corrected chi connectivity index (χ0v) is 9.73. The van der Waals surface area contributed by atoms with Crippen molar-refractivity contribution in [2.24, 2.45) is 0 Å². The van der Waals surface area contributed by atoms with Crippen LogP contribution in [0.5, 0.6) is 0 Å². The van der Waals surface area contributed by atoms with Crippen LogP contribution in [0.3, 0.4) is 0 Å². The van der Waals surface area contributed by atoms with Gasteiger partial charge in [0.15, 0.2) is 6.04 Å². The molecule has 1 atom stereocenters. The Hall–Kier alpha value is -1.34. The van der Waals surface area contributed by atoms with Crippen LogP contribution >= 0.6 is 0 Å². The zero-order chi connectivity index (χ0) is 12.9. The average Bonchev–Trinajstić information content (AvgIpc) is 2.25. The normalized spacial score (nSPS) is 20.4. The summed E-state index contributed by atoms with van der Waals surface area (Å²) in [4.78, 5) is 22.2. The van der Waals surface area contributed by atoms with Crippen LogP contribution in [0.4, 0.5) is 4.79 Å². The van der Waals surface area contributed by atoms with Crippen LogP contribution in [-0.2, 0) is 9.53 Å².